The van der Waals surface area contributed by atoms with Gasteiger partial charge in [-0.25, -0.2) is 15.0 Å². The molecule has 1 saturated heterocycles. The zero-order valence-corrected chi connectivity index (χ0v) is 18.8. The van der Waals surface area contributed by atoms with E-state index in [1.54, 1.807) is 12.3 Å². The van der Waals surface area contributed by atoms with Crippen molar-refractivity contribution in [1.29, 1.82) is 5.26 Å². The van der Waals surface area contributed by atoms with Crippen LogP contribution in [0.2, 0.25) is 0 Å². The Labute approximate surface area is 193 Å². The Kier molecular flexibility index (Phi) is 5.80. The number of likely N-dealkylation sites (tertiary alicyclic amines) is 1. The van der Waals surface area contributed by atoms with Gasteiger partial charge in [-0.05, 0) is 75.2 Å². The van der Waals surface area contributed by atoms with E-state index in [1.807, 2.05) is 25.1 Å². The van der Waals surface area contributed by atoms with Crippen LogP contribution in [0.4, 0.5) is 11.5 Å². The summed E-state index contributed by atoms with van der Waals surface area (Å²) in [7, 11) is 0. The Morgan fingerprint density at radius 3 is 2.61 bits per heavy atom. The third kappa shape index (κ3) is 4.73. The van der Waals surface area contributed by atoms with Gasteiger partial charge in [-0.3, -0.25) is 4.90 Å². The van der Waals surface area contributed by atoms with E-state index >= 15 is 0 Å². The van der Waals surface area contributed by atoms with Crippen LogP contribution < -0.4 is 14.8 Å². The predicted octanol–water partition coefficient (Wildman–Crippen LogP) is 4.21. The van der Waals surface area contributed by atoms with Crippen LogP contribution >= 0.6 is 0 Å². The smallest absolute Gasteiger partial charge is 0.231 e. The number of anilines is 2. The normalized spacial score (nSPS) is 15.9. The molecule has 8 nitrogen and oxygen atoms in total. The quantitative estimate of drug-likeness (QED) is 0.628. The number of nitrogens with one attached hydrogen (secondary N) is 1. The van der Waals surface area contributed by atoms with Crippen LogP contribution in [-0.2, 0) is 6.54 Å². The topological polar surface area (TPSA) is 96.2 Å². The molecule has 0 radical (unpaired) electrons. The van der Waals surface area contributed by atoms with Gasteiger partial charge in [0, 0.05) is 24.2 Å². The molecule has 0 amide bonds. The maximum absolute atomic E-state index is 8.92. The number of nitriles is 1. The van der Waals surface area contributed by atoms with E-state index in [0.717, 1.165) is 67.0 Å². The Balaban J connectivity index is 1.23. The van der Waals surface area contributed by atoms with Gasteiger partial charge in [0.25, 0.3) is 0 Å². The molecule has 0 aliphatic carbocycles. The van der Waals surface area contributed by atoms with E-state index < -0.39 is 0 Å². The molecule has 0 atom stereocenters. The summed E-state index contributed by atoms with van der Waals surface area (Å²) in [6, 6.07) is 11.8. The first-order chi connectivity index (χ1) is 16.1. The summed E-state index contributed by atoms with van der Waals surface area (Å²) in [6.45, 7) is 7.31. The molecule has 1 aromatic carbocycles. The minimum atomic E-state index is 0.306. The number of hydrogen-bond donors (Lipinski definition) is 1. The van der Waals surface area contributed by atoms with Gasteiger partial charge >= 0.3 is 0 Å². The maximum Gasteiger partial charge on any atom is 0.231 e. The summed E-state index contributed by atoms with van der Waals surface area (Å²) in [4.78, 5) is 15.9. The lowest BCUT2D eigenvalue weighted by Crippen LogP contribution is -2.33. The lowest BCUT2D eigenvalue weighted by molar-refractivity contribution is 0.173. The number of aryl methyl sites for hydroxylation is 2. The second-order valence-electron chi connectivity index (χ2n) is 8.58. The zero-order valence-electron chi connectivity index (χ0n) is 18.8. The van der Waals surface area contributed by atoms with Crippen LogP contribution in [0, 0.1) is 25.2 Å². The molecule has 2 aliphatic rings. The van der Waals surface area contributed by atoms with E-state index in [4.69, 9.17) is 19.7 Å². The van der Waals surface area contributed by atoms with Crippen molar-refractivity contribution in [2.75, 3.05) is 25.2 Å². The largest absolute Gasteiger partial charge is 0.454 e. The second-order valence-corrected chi connectivity index (χ2v) is 8.58. The lowest BCUT2D eigenvalue weighted by Gasteiger charge is -2.32. The molecule has 1 N–H and O–H groups in total. The lowest BCUT2D eigenvalue weighted by atomic mass is 9.92. The molecule has 2 aliphatic heterocycles. The van der Waals surface area contributed by atoms with Crippen molar-refractivity contribution in [3.05, 3.63) is 64.9 Å². The van der Waals surface area contributed by atoms with Crippen molar-refractivity contribution < 1.29 is 9.47 Å². The van der Waals surface area contributed by atoms with Crippen molar-refractivity contribution in [2.24, 2.45) is 0 Å². The van der Waals surface area contributed by atoms with Crippen LogP contribution in [0.5, 0.6) is 11.5 Å². The summed E-state index contributed by atoms with van der Waals surface area (Å²) < 4.78 is 11.0. The molecule has 1 fully saturated rings. The van der Waals surface area contributed by atoms with E-state index in [9.17, 15) is 0 Å². The fourth-order valence-electron chi connectivity index (χ4n) is 4.43. The molecule has 5 rings (SSSR count). The summed E-state index contributed by atoms with van der Waals surface area (Å²) in [5, 5.41) is 12.2. The molecule has 2 aromatic heterocycles. The third-order valence-corrected chi connectivity index (χ3v) is 6.24. The molecule has 8 heteroatoms. The number of hydrogen-bond acceptors (Lipinski definition) is 8. The van der Waals surface area contributed by atoms with Crippen LogP contribution in [0.25, 0.3) is 0 Å². The first-order valence-electron chi connectivity index (χ1n) is 11.2. The summed E-state index contributed by atoms with van der Waals surface area (Å²) in [5.41, 5.74) is 4.79. The Morgan fingerprint density at radius 1 is 1.09 bits per heavy atom. The fourth-order valence-corrected chi connectivity index (χ4v) is 4.43. The summed E-state index contributed by atoms with van der Waals surface area (Å²) in [6.07, 6.45) is 3.75. The second kappa shape index (κ2) is 9.04. The van der Waals surface area contributed by atoms with Crippen LogP contribution in [0.1, 0.15) is 47.1 Å². The van der Waals surface area contributed by atoms with E-state index in [2.05, 4.69) is 39.2 Å². The van der Waals surface area contributed by atoms with Crippen LogP contribution in [0.15, 0.2) is 36.5 Å². The first-order valence-corrected chi connectivity index (χ1v) is 11.2. The number of aromatic nitrogens is 3. The minimum Gasteiger partial charge on any atom is -0.454 e. The number of nitrogens with zero attached hydrogens (tertiary/aromatic N) is 5. The number of fused-ring (bicyclic) bond motifs is 1. The van der Waals surface area contributed by atoms with Crippen LogP contribution in [0.3, 0.4) is 0 Å². The molecule has 0 bridgehead atoms. The number of piperidine rings is 1. The van der Waals surface area contributed by atoms with Gasteiger partial charge in [0.05, 0.1) is 11.9 Å². The van der Waals surface area contributed by atoms with Gasteiger partial charge in [0.15, 0.2) is 11.5 Å². The third-order valence-electron chi connectivity index (χ3n) is 6.24. The van der Waals surface area contributed by atoms with Crippen LogP contribution in [-0.4, -0.2) is 39.7 Å². The average Bonchev–Trinajstić information content (AvgIpc) is 3.27. The first kappa shape index (κ1) is 21.2. The SMILES string of the molecule is Cc1nc(Nc2ccc(C#N)nc2)cc(C2CCN(Cc3cc4c(cc3C)OCO4)CC2)n1. The molecule has 4 heterocycles. The standard InChI is InChI=1S/C25H26N6O2/c1-16-9-23-24(33-15-32-23)10-19(16)14-31-7-5-18(6-8-31)22-11-25(29-17(2)28-22)30-21-4-3-20(12-26)27-13-21/h3-4,9-11,13,18H,5-8,14-15H2,1-2H3,(H,28,29,30). The van der Waals surface area contributed by atoms with Crippen molar-refractivity contribution >= 4 is 11.5 Å². The van der Waals surface area contributed by atoms with Gasteiger partial charge < -0.3 is 14.8 Å². The highest BCUT2D eigenvalue weighted by Crippen LogP contribution is 2.36. The molecule has 0 saturated carbocycles. The van der Waals surface area contributed by atoms with Gasteiger partial charge in [0.2, 0.25) is 6.79 Å². The molecule has 33 heavy (non-hydrogen) atoms. The van der Waals surface area contributed by atoms with Gasteiger partial charge in [0.1, 0.15) is 23.4 Å². The van der Waals surface area contributed by atoms with E-state index in [0.29, 0.717) is 18.4 Å². The molecule has 168 valence electrons. The Bertz CT molecular complexity index is 1200. The highest BCUT2D eigenvalue weighted by Gasteiger charge is 2.24. The van der Waals surface area contributed by atoms with E-state index in [-0.39, 0.29) is 0 Å². The number of rotatable bonds is 5. The number of ether oxygens (including phenoxy) is 2. The van der Waals surface area contributed by atoms with Crippen molar-refractivity contribution in [1.82, 2.24) is 19.9 Å². The minimum absolute atomic E-state index is 0.306. The summed E-state index contributed by atoms with van der Waals surface area (Å²) in [5.74, 6) is 3.59. The number of benzene rings is 1. The van der Waals surface area contributed by atoms with Crippen molar-refractivity contribution in [2.45, 2.75) is 39.2 Å². The van der Waals surface area contributed by atoms with Gasteiger partial charge in [-0.1, -0.05) is 0 Å². The molecular weight excluding hydrogens is 416 g/mol. The molecule has 0 spiro atoms. The highest BCUT2D eigenvalue weighted by atomic mass is 16.7. The average molecular weight is 443 g/mol. The summed E-state index contributed by atoms with van der Waals surface area (Å²) >= 11 is 0. The number of pyridine rings is 1. The Hall–Kier alpha value is -3.70. The molecule has 0 unspecified atom stereocenters. The Morgan fingerprint density at radius 2 is 1.88 bits per heavy atom. The monoisotopic (exact) mass is 442 g/mol. The van der Waals surface area contributed by atoms with E-state index in [1.165, 1.54) is 11.1 Å². The van der Waals surface area contributed by atoms with Crippen molar-refractivity contribution in [3.63, 3.8) is 0 Å². The predicted molar refractivity (Wildman–Crippen MR) is 124 cm³/mol. The van der Waals surface area contributed by atoms with Gasteiger partial charge in [-0.15, -0.1) is 0 Å². The maximum atomic E-state index is 8.92. The zero-order chi connectivity index (χ0) is 22.8. The van der Waals surface area contributed by atoms with Crippen molar-refractivity contribution in [3.8, 4) is 17.6 Å². The molecular formula is C25H26N6O2. The fraction of sp³-hybridized carbons (Fsp3) is 0.360. The van der Waals surface area contributed by atoms with Gasteiger partial charge in [-0.2, -0.15) is 5.26 Å². The highest BCUT2D eigenvalue weighted by molar-refractivity contribution is 5.56. The molecule has 3 aromatic rings.